The van der Waals surface area contributed by atoms with Crippen molar-refractivity contribution in [2.45, 2.75) is 59.9 Å². The molecule has 16 heavy (non-hydrogen) atoms. The first-order valence-electron chi connectivity index (χ1n) is 5.99. The summed E-state index contributed by atoms with van der Waals surface area (Å²) in [6.07, 6.45) is 2.17. The van der Waals surface area contributed by atoms with Gasteiger partial charge in [0.2, 0.25) is 0 Å². The van der Waals surface area contributed by atoms with Gasteiger partial charge in [-0.15, -0.1) is 4.68 Å². The molecule has 2 rings (SSSR count). The van der Waals surface area contributed by atoms with Gasteiger partial charge in [0.25, 0.3) is 0 Å². The van der Waals surface area contributed by atoms with Crippen LogP contribution in [0.1, 0.15) is 40.3 Å². The maximum Gasteiger partial charge on any atom is 0.196 e. The van der Waals surface area contributed by atoms with Crippen LogP contribution in [-0.4, -0.2) is 10.3 Å². The third kappa shape index (κ3) is 2.46. The number of hydrogen-bond acceptors (Lipinski definition) is 1. The van der Waals surface area contributed by atoms with E-state index in [4.69, 9.17) is 4.74 Å². The molecule has 0 atom stereocenters. The van der Waals surface area contributed by atoms with Crippen LogP contribution in [0.25, 0.3) is 0 Å². The molecule has 0 spiro atoms. The Kier molecular flexibility index (Phi) is 2.61. The Morgan fingerprint density at radius 1 is 1.44 bits per heavy atom. The third-order valence-electron chi connectivity index (χ3n) is 2.86. The molecule has 1 aromatic heterocycles. The van der Waals surface area contributed by atoms with E-state index in [0.29, 0.717) is 5.41 Å². The van der Waals surface area contributed by atoms with Crippen LogP contribution in [0.15, 0.2) is 12.3 Å². The minimum absolute atomic E-state index is 0.0499. The van der Waals surface area contributed by atoms with Gasteiger partial charge in [0.1, 0.15) is 12.2 Å². The average molecular weight is 223 g/mol. The Hall–Kier alpha value is -0.830. The quantitative estimate of drug-likeness (QED) is 0.667. The van der Waals surface area contributed by atoms with Gasteiger partial charge in [0.15, 0.2) is 12.7 Å². The summed E-state index contributed by atoms with van der Waals surface area (Å²) in [6, 6.07) is 2.17. The Morgan fingerprint density at radius 2 is 2.12 bits per heavy atom. The molecular formula is C13H23N2O+. The molecule has 90 valence electrons. The maximum absolute atomic E-state index is 5.80. The van der Waals surface area contributed by atoms with Crippen LogP contribution in [-0.2, 0) is 24.4 Å². The molecule has 0 saturated carbocycles. The van der Waals surface area contributed by atoms with Crippen LogP contribution in [0.5, 0.6) is 0 Å². The number of aromatic nitrogens is 2. The Labute approximate surface area is 98.0 Å². The summed E-state index contributed by atoms with van der Waals surface area (Å²) in [5, 5.41) is 0. The van der Waals surface area contributed by atoms with Crippen molar-refractivity contribution in [2.24, 2.45) is 5.41 Å². The van der Waals surface area contributed by atoms with Crippen molar-refractivity contribution in [3.8, 4) is 0 Å². The summed E-state index contributed by atoms with van der Waals surface area (Å²) < 4.78 is 10.5. The standard InChI is InChI=1S/C13H23N2O/c1-12(2,3)9-14-7-6-11-8-16-13(4,5)10-15(11)14/h6-7H,8-10H2,1-5H3/q+1. The van der Waals surface area contributed by atoms with Crippen molar-refractivity contribution < 1.29 is 9.42 Å². The number of rotatable bonds is 1. The highest BCUT2D eigenvalue weighted by Gasteiger charge is 2.32. The van der Waals surface area contributed by atoms with Gasteiger partial charge >= 0.3 is 0 Å². The fourth-order valence-corrected chi connectivity index (χ4v) is 2.12. The third-order valence-corrected chi connectivity index (χ3v) is 2.86. The van der Waals surface area contributed by atoms with Crippen LogP contribution in [0.2, 0.25) is 0 Å². The number of ether oxygens (including phenoxy) is 1. The van der Waals surface area contributed by atoms with Gasteiger partial charge in [-0.1, -0.05) is 20.8 Å². The van der Waals surface area contributed by atoms with E-state index in [-0.39, 0.29) is 5.60 Å². The topological polar surface area (TPSA) is 18.0 Å². The molecule has 0 amide bonds. The van der Waals surface area contributed by atoms with Crippen molar-refractivity contribution in [2.75, 3.05) is 0 Å². The predicted molar refractivity (Wildman–Crippen MR) is 63.0 cm³/mol. The number of hydrogen-bond donors (Lipinski definition) is 0. The van der Waals surface area contributed by atoms with Gasteiger partial charge in [-0.3, -0.25) is 0 Å². The molecule has 3 heteroatoms. The summed E-state index contributed by atoms with van der Waals surface area (Å²) in [4.78, 5) is 0. The number of nitrogens with zero attached hydrogens (tertiary/aromatic N) is 2. The van der Waals surface area contributed by atoms with Crippen molar-refractivity contribution in [1.29, 1.82) is 0 Å². The van der Waals surface area contributed by atoms with E-state index in [9.17, 15) is 0 Å². The summed E-state index contributed by atoms with van der Waals surface area (Å²) in [5.41, 5.74) is 1.54. The Morgan fingerprint density at radius 3 is 2.75 bits per heavy atom. The van der Waals surface area contributed by atoms with Gasteiger partial charge in [-0.2, -0.15) is 4.68 Å². The van der Waals surface area contributed by atoms with E-state index in [1.165, 1.54) is 5.69 Å². The zero-order chi connectivity index (χ0) is 12.0. The molecule has 0 saturated heterocycles. The normalized spacial score (nSPS) is 19.6. The zero-order valence-electron chi connectivity index (χ0n) is 11.1. The molecule has 1 aliphatic rings. The molecule has 0 unspecified atom stereocenters. The molecule has 1 aliphatic heterocycles. The minimum atomic E-state index is -0.0499. The predicted octanol–water partition coefficient (Wildman–Crippen LogP) is 2.13. The second-order valence-electron chi connectivity index (χ2n) is 6.57. The highest BCUT2D eigenvalue weighted by Crippen LogP contribution is 2.21. The first kappa shape index (κ1) is 11.6. The molecule has 2 heterocycles. The fourth-order valence-electron chi connectivity index (χ4n) is 2.12. The van der Waals surface area contributed by atoms with E-state index >= 15 is 0 Å². The van der Waals surface area contributed by atoms with Gasteiger partial charge < -0.3 is 4.74 Å². The lowest BCUT2D eigenvalue weighted by atomic mass is 9.97. The molecule has 1 aromatic rings. The van der Waals surface area contributed by atoms with E-state index in [0.717, 1.165) is 19.7 Å². The zero-order valence-corrected chi connectivity index (χ0v) is 11.1. The molecule has 0 fully saturated rings. The Balaban J connectivity index is 2.27. The molecule has 0 bridgehead atoms. The monoisotopic (exact) mass is 223 g/mol. The van der Waals surface area contributed by atoms with Gasteiger partial charge in [0.05, 0.1) is 12.2 Å². The summed E-state index contributed by atoms with van der Waals surface area (Å²) in [7, 11) is 0. The molecule has 0 aromatic carbocycles. The average Bonchev–Trinajstić information content (AvgIpc) is 2.44. The van der Waals surface area contributed by atoms with Gasteiger partial charge in [-0.05, 0) is 13.8 Å². The van der Waals surface area contributed by atoms with Crippen LogP contribution in [0.4, 0.5) is 0 Å². The molecule has 0 radical (unpaired) electrons. The van der Waals surface area contributed by atoms with Crippen molar-refractivity contribution in [1.82, 2.24) is 4.68 Å². The highest BCUT2D eigenvalue weighted by atomic mass is 16.5. The van der Waals surface area contributed by atoms with Crippen molar-refractivity contribution in [3.05, 3.63) is 18.0 Å². The van der Waals surface area contributed by atoms with Crippen LogP contribution in [0.3, 0.4) is 0 Å². The van der Waals surface area contributed by atoms with Gasteiger partial charge in [0, 0.05) is 11.5 Å². The largest absolute Gasteiger partial charge is 0.367 e. The maximum atomic E-state index is 5.80. The molecule has 0 aliphatic carbocycles. The van der Waals surface area contributed by atoms with Crippen molar-refractivity contribution >= 4 is 0 Å². The fraction of sp³-hybridized carbons (Fsp3) is 0.769. The van der Waals surface area contributed by atoms with Crippen LogP contribution >= 0.6 is 0 Å². The summed E-state index contributed by atoms with van der Waals surface area (Å²) in [6.45, 7) is 13.8. The lowest BCUT2D eigenvalue weighted by Gasteiger charge is -2.30. The molecule has 3 nitrogen and oxygen atoms in total. The van der Waals surface area contributed by atoms with E-state index < -0.39 is 0 Å². The smallest absolute Gasteiger partial charge is 0.196 e. The lowest BCUT2D eigenvalue weighted by molar-refractivity contribution is -0.787. The lowest BCUT2D eigenvalue weighted by Crippen LogP contribution is -2.52. The van der Waals surface area contributed by atoms with E-state index in [2.05, 4.69) is 56.2 Å². The van der Waals surface area contributed by atoms with Gasteiger partial charge in [-0.25, -0.2) is 0 Å². The molecular weight excluding hydrogens is 200 g/mol. The van der Waals surface area contributed by atoms with E-state index in [1.54, 1.807) is 0 Å². The first-order chi connectivity index (χ1) is 7.27. The molecule has 0 N–H and O–H groups in total. The van der Waals surface area contributed by atoms with Crippen molar-refractivity contribution in [3.63, 3.8) is 0 Å². The van der Waals surface area contributed by atoms with E-state index in [1.807, 2.05) is 0 Å². The van der Waals surface area contributed by atoms with Crippen LogP contribution < -0.4 is 4.68 Å². The highest BCUT2D eigenvalue weighted by molar-refractivity contribution is 4.99. The second kappa shape index (κ2) is 3.59. The minimum Gasteiger partial charge on any atom is -0.367 e. The van der Waals surface area contributed by atoms with Crippen LogP contribution in [0, 0.1) is 5.41 Å². The summed E-state index contributed by atoms with van der Waals surface area (Å²) in [5.74, 6) is 0. The summed E-state index contributed by atoms with van der Waals surface area (Å²) >= 11 is 0. The number of fused-ring (bicyclic) bond motifs is 1. The second-order valence-corrected chi connectivity index (χ2v) is 6.57. The Bertz CT molecular complexity index is 385. The first-order valence-corrected chi connectivity index (χ1v) is 5.99. The SMILES string of the molecule is CC(C)(C)C[n+]1ccc2n1CC(C)(C)OC2.